The van der Waals surface area contributed by atoms with Crippen LogP contribution in [0.5, 0.6) is 5.75 Å². The van der Waals surface area contributed by atoms with Crippen molar-refractivity contribution in [2.24, 2.45) is 0 Å². The standard InChI is InChI=1S/C18H19ClN2O4/c1-21(17(23)24)18(6-7-18)11-25-14-8-15(16(19)20-9-14)13-4-2-12(10-22)3-5-13/h2-5,8-9,22H,6-7,10-11H2,1H3,(H,23,24). The van der Waals surface area contributed by atoms with Gasteiger partial charge in [-0.05, 0) is 30.0 Å². The fourth-order valence-electron chi connectivity index (χ4n) is 2.64. The number of benzene rings is 1. The molecule has 0 atom stereocenters. The zero-order chi connectivity index (χ0) is 18.0. The maximum absolute atomic E-state index is 11.2. The maximum Gasteiger partial charge on any atom is 0.407 e. The Balaban J connectivity index is 1.76. The molecule has 1 saturated carbocycles. The number of halogens is 1. The number of likely N-dealkylation sites (N-methyl/N-ethyl adjacent to an activating group) is 1. The predicted octanol–water partition coefficient (Wildman–Crippen LogP) is 3.42. The van der Waals surface area contributed by atoms with E-state index in [1.54, 1.807) is 13.1 Å². The summed E-state index contributed by atoms with van der Waals surface area (Å²) < 4.78 is 5.80. The summed E-state index contributed by atoms with van der Waals surface area (Å²) in [5, 5.41) is 18.6. The lowest BCUT2D eigenvalue weighted by molar-refractivity contribution is 0.109. The van der Waals surface area contributed by atoms with Crippen molar-refractivity contribution in [2.45, 2.75) is 25.0 Å². The second-order valence-electron chi connectivity index (χ2n) is 6.22. The molecule has 0 saturated heterocycles. The van der Waals surface area contributed by atoms with Gasteiger partial charge in [-0.25, -0.2) is 9.78 Å². The van der Waals surface area contributed by atoms with E-state index in [0.29, 0.717) is 10.9 Å². The first-order valence-electron chi connectivity index (χ1n) is 7.90. The Hall–Kier alpha value is -2.31. The van der Waals surface area contributed by atoms with Gasteiger partial charge in [0.1, 0.15) is 17.5 Å². The van der Waals surface area contributed by atoms with Crippen molar-refractivity contribution in [1.29, 1.82) is 0 Å². The highest BCUT2D eigenvalue weighted by atomic mass is 35.5. The number of carbonyl (C=O) groups is 1. The smallest absolute Gasteiger partial charge is 0.407 e. The number of pyridine rings is 1. The highest BCUT2D eigenvalue weighted by molar-refractivity contribution is 6.32. The third kappa shape index (κ3) is 3.70. The summed E-state index contributed by atoms with van der Waals surface area (Å²) in [6, 6.07) is 9.15. The molecule has 25 heavy (non-hydrogen) atoms. The average molecular weight is 363 g/mol. The van der Waals surface area contributed by atoms with E-state index < -0.39 is 11.6 Å². The molecule has 1 aromatic heterocycles. The first kappa shape index (κ1) is 17.5. The predicted molar refractivity (Wildman–Crippen MR) is 93.9 cm³/mol. The van der Waals surface area contributed by atoms with Gasteiger partial charge in [0.15, 0.2) is 0 Å². The molecule has 7 heteroatoms. The van der Waals surface area contributed by atoms with E-state index in [0.717, 1.165) is 29.5 Å². The van der Waals surface area contributed by atoms with Crippen LogP contribution in [0.15, 0.2) is 36.5 Å². The van der Waals surface area contributed by atoms with Gasteiger partial charge >= 0.3 is 6.09 Å². The topological polar surface area (TPSA) is 82.9 Å². The number of ether oxygens (including phenoxy) is 1. The minimum Gasteiger partial charge on any atom is -0.489 e. The van der Waals surface area contributed by atoms with Crippen LogP contribution in [-0.2, 0) is 6.61 Å². The minimum absolute atomic E-state index is 0.0193. The molecule has 0 radical (unpaired) electrons. The molecule has 2 aromatic rings. The molecule has 0 aliphatic heterocycles. The van der Waals surface area contributed by atoms with Gasteiger partial charge in [0.25, 0.3) is 0 Å². The number of aliphatic hydroxyl groups is 1. The van der Waals surface area contributed by atoms with Crippen molar-refractivity contribution in [3.8, 4) is 16.9 Å². The van der Waals surface area contributed by atoms with Crippen molar-refractivity contribution in [1.82, 2.24) is 9.88 Å². The van der Waals surface area contributed by atoms with Crippen LogP contribution < -0.4 is 4.74 Å². The third-order valence-electron chi connectivity index (χ3n) is 4.59. The Morgan fingerprint density at radius 2 is 2.04 bits per heavy atom. The van der Waals surface area contributed by atoms with Crippen molar-refractivity contribution in [2.75, 3.05) is 13.7 Å². The maximum atomic E-state index is 11.2. The lowest BCUT2D eigenvalue weighted by Crippen LogP contribution is -2.42. The van der Waals surface area contributed by atoms with Gasteiger partial charge in [-0.1, -0.05) is 35.9 Å². The summed E-state index contributed by atoms with van der Waals surface area (Å²) in [5.41, 5.74) is 1.95. The van der Waals surface area contributed by atoms with Crippen LogP contribution in [-0.4, -0.2) is 45.4 Å². The summed E-state index contributed by atoms with van der Waals surface area (Å²) in [6.45, 7) is 0.261. The highest BCUT2D eigenvalue weighted by Crippen LogP contribution is 2.41. The Labute approximate surface area is 150 Å². The number of hydrogen-bond donors (Lipinski definition) is 2. The number of rotatable bonds is 6. The monoisotopic (exact) mass is 362 g/mol. The van der Waals surface area contributed by atoms with Crippen LogP contribution in [0, 0.1) is 0 Å². The Morgan fingerprint density at radius 3 is 2.60 bits per heavy atom. The molecule has 3 rings (SSSR count). The highest BCUT2D eigenvalue weighted by Gasteiger charge is 2.49. The molecule has 1 aliphatic rings. The Kier molecular flexibility index (Phi) is 4.83. The molecule has 132 valence electrons. The van der Waals surface area contributed by atoms with E-state index in [4.69, 9.17) is 26.6 Å². The number of nitrogens with zero attached hydrogens (tertiary/aromatic N) is 2. The van der Waals surface area contributed by atoms with E-state index in [1.807, 2.05) is 24.3 Å². The van der Waals surface area contributed by atoms with Crippen LogP contribution in [0.25, 0.3) is 11.1 Å². The minimum atomic E-state index is -0.958. The Morgan fingerprint density at radius 1 is 1.36 bits per heavy atom. The number of carboxylic acid groups (broad SMARTS) is 1. The third-order valence-corrected chi connectivity index (χ3v) is 4.90. The van der Waals surface area contributed by atoms with Gasteiger partial charge in [-0.3, -0.25) is 0 Å². The summed E-state index contributed by atoms with van der Waals surface area (Å²) in [6.07, 6.45) is 2.14. The van der Waals surface area contributed by atoms with Gasteiger partial charge in [0, 0.05) is 12.6 Å². The van der Waals surface area contributed by atoms with Crippen molar-refractivity contribution in [3.05, 3.63) is 47.2 Å². The molecule has 2 N–H and O–H groups in total. The summed E-state index contributed by atoms with van der Waals surface area (Å²) in [7, 11) is 1.56. The first-order chi connectivity index (χ1) is 11.9. The van der Waals surface area contributed by atoms with E-state index in [1.165, 1.54) is 11.1 Å². The molecular weight excluding hydrogens is 344 g/mol. The normalized spacial score (nSPS) is 14.8. The fourth-order valence-corrected chi connectivity index (χ4v) is 2.85. The van der Waals surface area contributed by atoms with Crippen molar-refractivity contribution in [3.63, 3.8) is 0 Å². The van der Waals surface area contributed by atoms with E-state index >= 15 is 0 Å². The van der Waals surface area contributed by atoms with E-state index in [2.05, 4.69) is 4.98 Å². The molecule has 1 fully saturated rings. The second kappa shape index (κ2) is 6.90. The molecule has 1 amide bonds. The van der Waals surface area contributed by atoms with Crippen LogP contribution in [0.1, 0.15) is 18.4 Å². The molecule has 0 bridgehead atoms. The van der Waals surface area contributed by atoms with Crippen molar-refractivity contribution < 1.29 is 19.7 Å². The molecule has 0 unspecified atom stereocenters. The van der Waals surface area contributed by atoms with Crippen molar-refractivity contribution >= 4 is 17.7 Å². The lowest BCUT2D eigenvalue weighted by atomic mass is 10.1. The van der Waals surface area contributed by atoms with Gasteiger partial charge in [-0.15, -0.1) is 0 Å². The summed E-state index contributed by atoms with van der Waals surface area (Å²) in [4.78, 5) is 16.6. The number of aliphatic hydroxyl groups excluding tert-OH is 1. The van der Waals surface area contributed by atoms with Gasteiger partial charge in [0.2, 0.25) is 0 Å². The van der Waals surface area contributed by atoms with Gasteiger partial charge in [-0.2, -0.15) is 0 Å². The van der Waals surface area contributed by atoms with Crippen LogP contribution in [0.3, 0.4) is 0 Å². The quantitative estimate of drug-likeness (QED) is 0.769. The summed E-state index contributed by atoms with van der Waals surface area (Å²) >= 11 is 6.20. The van der Waals surface area contributed by atoms with Crippen LogP contribution in [0.2, 0.25) is 5.15 Å². The zero-order valence-corrected chi connectivity index (χ0v) is 14.5. The van der Waals surface area contributed by atoms with Crippen LogP contribution >= 0.6 is 11.6 Å². The average Bonchev–Trinajstić information content (AvgIpc) is 3.41. The first-order valence-corrected chi connectivity index (χ1v) is 8.28. The Bertz CT molecular complexity index is 775. The molecule has 1 aromatic carbocycles. The van der Waals surface area contributed by atoms with Gasteiger partial charge in [0.05, 0.1) is 18.3 Å². The summed E-state index contributed by atoms with van der Waals surface area (Å²) in [5.74, 6) is 0.538. The molecular formula is C18H19ClN2O4. The number of amides is 1. The molecule has 1 aliphatic carbocycles. The number of aromatic nitrogens is 1. The lowest BCUT2D eigenvalue weighted by Gasteiger charge is -2.25. The van der Waals surface area contributed by atoms with Crippen LogP contribution in [0.4, 0.5) is 4.79 Å². The number of hydrogen-bond acceptors (Lipinski definition) is 4. The largest absolute Gasteiger partial charge is 0.489 e. The molecule has 6 nitrogen and oxygen atoms in total. The van der Waals surface area contributed by atoms with E-state index in [9.17, 15) is 4.79 Å². The van der Waals surface area contributed by atoms with E-state index in [-0.39, 0.29) is 13.2 Å². The van der Waals surface area contributed by atoms with Gasteiger partial charge < -0.3 is 19.8 Å². The zero-order valence-electron chi connectivity index (χ0n) is 13.8. The molecule has 1 heterocycles. The molecule has 0 spiro atoms. The fraction of sp³-hybridized carbons (Fsp3) is 0.333. The SMILES string of the molecule is CN(C(=O)O)C1(COc2cnc(Cl)c(-c3ccc(CO)cc3)c2)CC1. The second-order valence-corrected chi connectivity index (χ2v) is 6.58.